The first-order chi connectivity index (χ1) is 9.25. The molecule has 2 aromatic rings. The van der Waals surface area contributed by atoms with Gasteiger partial charge < -0.3 is 10.4 Å². The Morgan fingerprint density at radius 2 is 2.21 bits per heavy atom. The van der Waals surface area contributed by atoms with Gasteiger partial charge in [-0.15, -0.1) is 22.7 Å². The Morgan fingerprint density at radius 3 is 3.05 bits per heavy atom. The van der Waals surface area contributed by atoms with Gasteiger partial charge >= 0.3 is 5.97 Å². The van der Waals surface area contributed by atoms with Gasteiger partial charge in [0.1, 0.15) is 4.88 Å². The Balaban J connectivity index is 1.71. The molecule has 1 aliphatic carbocycles. The zero-order valence-corrected chi connectivity index (χ0v) is 12.0. The molecule has 3 nitrogen and oxygen atoms in total. The number of fused-ring (bicyclic) bond motifs is 1. The molecule has 0 radical (unpaired) electrons. The van der Waals surface area contributed by atoms with E-state index in [0.29, 0.717) is 17.5 Å². The van der Waals surface area contributed by atoms with Gasteiger partial charge in [0.25, 0.3) is 0 Å². The number of aromatic carboxylic acids is 1. The molecule has 0 aromatic carbocycles. The molecule has 1 aliphatic rings. The maximum absolute atomic E-state index is 11.1. The second-order valence-corrected chi connectivity index (χ2v) is 6.62. The molecule has 19 heavy (non-hydrogen) atoms. The number of rotatable bonds is 4. The summed E-state index contributed by atoms with van der Waals surface area (Å²) in [4.78, 5) is 13.0. The van der Waals surface area contributed by atoms with Crippen molar-refractivity contribution in [3.8, 4) is 0 Å². The van der Waals surface area contributed by atoms with E-state index in [9.17, 15) is 4.79 Å². The van der Waals surface area contributed by atoms with Crippen LogP contribution in [0.2, 0.25) is 0 Å². The van der Waals surface area contributed by atoms with Gasteiger partial charge in [0.15, 0.2) is 0 Å². The van der Waals surface area contributed by atoms with Crippen LogP contribution in [0, 0.1) is 0 Å². The highest BCUT2D eigenvalue weighted by Crippen LogP contribution is 2.33. The molecule has 5 heteroatoms. The molecule has 0 spiro atoms. The summed E-state index contributed by atoms with van der Waals surface area (Å²) in [5.74, 6) is -0.827. The van der Waals surface area contributed by atoms with E-state index in [1.54, 1.807) is 0 Å². The van der Waals surface area contributed by atoms with Crippen molar-refractivity contribution >= 4 is 28.6 Å². The lowest BCUT2D eigenvalue weighted by Crippen LogP contribution is -2.24. The van der Waals surface area contributed by atoms with Crippen molar-refractivity contribution in [2.45, 2.75) is 31.8 Å². The van der Waals surface area contributed by atoms with Crippen molar-refractivity contribution in [2.24, 2.45) is 0 Å². The summed E-state index contributed by atoms with van der Waals surface area (Å²) < 4.78 is 0. The molecule has 1 atom stereocenters. The first kappa shape index (κ1) is 12.8. The molecule has 0 saturated heterocycles. The van der Waals surface area contributed by atoms with E-state index < -0.39 is 5.97 Å². The van der Waals surface area contributed by atoms with Crippen LogP contribution in [0.5, 0.6) is 0 Å². The summed E-state index contributed by atoms with van der Waals surface area (Å²) in [6.07, 6.45) is 3.53. The summed E-state index contributed by atoms with van der Waals surface area (Å²) in [5, 5.41) is 16.6. The fourth-order valence-electron chi connectivity index (χ4n) is 2.59. The molecular formula is C14H15NO2S2. The second kappa shape index (κ2) is 5.45. The summed E-state index contributed by atoms with van der Waals surface area (Å²) >= 11 is 3.12. The predicted octanol–water partition coefficient (Wildman–Crippen LogP) is 3.68. The van der Waals surface area contributed by atoms with Crippen molar-refractivity contribution in [1.29, 1.82) is 0 Å². The van der Waals surface area contributed by atoms with Gasteiger partial charge in [-0.1, -0.05) is 0 Å². The largest absolute Gasteiger partial charge is 0.477 e. The Bertz CT molecular complexity index is 588. The number of hydrogen-bond donors (Lipinski definition) is 2. The maximum atomic E-state index is 11.1. The first-order valence-electron chi connectivity index (χ1n) is 6.35. The van der Waals surface area contributed by atoms with Crippen molar-refractivity contribution in [2.75, 3.05) is 0 Å². The lowest BCUT2D eigenvalue weighted by atomic mass is 9.94. The Hall–Kier alpha value is -1.17. The van der Waals surface area contributed by atoms with Crippen LogP contribution in [-0.4, -0.2) is 11.1 Å². The molecule has 2 heterocycles. The molecule has 0 saturated carbocycles. The SMILES string of the molecule is O=C(O)c1sccc1CNC1CCCc2sccc21. The lowest BCUT2D eigenvalue weighted by molar-refractivity contribution is 0.0701. The molecule has 2 N–H and O–H groups in total. The van der Waals surface area contributed by atoms with Crippen LogP contribution in [-0.2, 0) is 13.0 Å². The van der Waals surface area contributed by atoms with Crippen LogP contribution in [0.4, 0.5) is 0 Å². The Kier molecular flexibility index (Phi) is 3.68. The number of carboxylic acids is 1. The van der Waals surface area contributed by atoms with Gasteiger partial charge in [0.2, 0.25) is 0 Å². The lowest BCUT2D eigenvalue weighted by Gasteiger charge is -2.23. The summed E-state index contributed by atoms with van der Waals surface area (Å²) in [5.41, 5.74) is 2.29. The number of carbonyl (C=O) groups is 1. The minimum atomic E-state index is -0.827. The van der Waals surface area contributed by atoms with Gasteiger partial charge in [-0.05, 0) is 53.3 Å². The third-order valence-corrected chi connectivity index (χ3v) is 5.47. The third-order valence-electron chi connectivity index (χ3n) is 3.53. The zero-order valence-electron chi connectivity index (χ0n) is 10.4. The van der Waals surface area contributed by atoms with E-state index in [4.69, 9.17) is 5.11 Å². The van der Waals surface area contributed by atoms with Crippen LogP contribution >= 0.6 is 22.7 Å². The average molecular weight is 293 g/mol. The quantitative estimate of drug-likeness (QED) is 0.904. The maximum Gasteiger partial charge on any atom is 0.346 e. The van der Waals surface area contributed by atoms with E-state index in [1.807, 2.05) is 22.8 Å². The third kappa shape index (κ3) is 2.59. The molecule has 100 valence electrons. The summed E-state index contributed by atoms with van der Waals surface area (Å²) in [6, 6.07) is 4.47. The van der Waals surface area contributed by atoms with E-state index in [0.717, 1.165) is 12.0 Å². The molecule has 1 unspecified atom stereocenters. The molecule has 0 bridgehead atoms. The molecular weight excluding hydrogens is 278 g/mol. The van der Waals surface area contributed by atoms with Crippen molar-refractivity contribution in [1.82, 2.24) is 5.32 Å². The van der Waals surface area contributed by atoms with Crippen LogP contribution in [0.25, 0.3) is 0 Å². The summed E-state index contributed by atoms with van der Waals surface area (Å²) in [7, 11) is 0. The first-order valence-corrected chi connectivity index (χ1v) is 8.11. The normalized spacial score (nSPS) is 18.2. The van der Waals surface area contributed by atoms with Crippen LogP contribution in [0.1, 0.15) is 44.6 Å². The van der Waals surface area contributed by atoms with Gasteiger partial charge in [0.05, 0.1) is 0 Å². The van der Waals surface area contributed by atoms with Gasteiger partial charge in [-0.2, -0.15) is 0 Å². The Morgan fingerprint density at radius 1 is 1.37 bits per heavy atom. The van der Waals surface area contributed by atoms with E-state index in [1.165, 1.54) is 34.6 Å². The summed E-state index contributed by atoms with van der Waals surface area (Å²) in [6.45, 7) is 0.630. The minimum absolute atomic E-state index is 0.372. The second-order valence-electron chi connectivity index (χ2n) is 4.70. The number of hydrogen-bond acceptors (Lipinski definition) is 4. The van der Waals surface area contributed by atoms with Crippen LogP contribution in [0.3, 0.4) is 0 Å². The number of carboxylic acid groups (broad SMARTS) is 1. The van der Waals surface area contributed by atoms with Gasteiger partial charge in [0, 0.05) is 17.5 Å². The zero-order chi connectivity index (χ0) is 13.2. The predicted molar refractivity (Wildman–Crippen MR) is 78.1 cm³/mol. The smallest absolute Gasteiger partial charge is 0.346 e. The number of thiophene rings is 2. The van der Waals surface area contributed by atoms with Gasteiger partial charge in [-0.25, -0.2) is 4.79 Å². The Labute approximate surface area is 119 Å². The van der Waals surface area contributed by atoms with Crippen molar-refractivity contribution in [3.63, 3.8) is 0 Å². The fraction of sp³-hybridized carbons (Fsp3) is 0.357. The van der Waals surface area contributed by atoms with Gasteiger partial charge in [-0.3, -0.25) is 0 Å². The monoisotopic (exact) mass is 293 g/mol. The van der Waals surface area contributed by atoms with E-state index in [-0.39, 0.29) is 0 Å². The number of nitrogens with one attached hydrogen (secondary N) is 1. The van der Waals surface area contributed by atoms with E-state index in [2.05, 4.69) is 16.8 Å². The highest BCUT2D eigenvalue weighted by atomic mass is 32.1. The van der Waals surface area contributed by atoms with Crippen LogP contribution in [0.15, 0.2) is 22.9 Å². The fourth-order valence-corrected chi connectivity index (χ4v) is 4.34. The molecule has 2 aromatic heterocycles. The number of aryl methyl sites for hydroxylation is 1. The standard InChI is InChI=1S/C14H15NO2S2/c16-14(17)13-9(4-6-19-13)8-15-11-2-1-3-12-10(11)5-7-18-12/h4-7,11,15H,1-3,8H2,(H,16,17). The topological polar surface area (TPSA) is 49.3 Å². The highest BCUT2D eigenvalue weighted by molar-refractivity contribution is 7.12. The average Bonchev–Trinajstić information content (AvgIpc) is 3.04. The molecule has 3 rings (SSSR count). The minimum Gasteiger partial charge on any atom is -0.477 e. The molecule has 0 fully saturated rings. The highest BCUT2D eigenvalue weighted by Gasteiger charge is 2.21. The van der Waals surface area contributed by atoms with Crippen molar-refractivity contribution in [3.05, 3.63) is 43.8 Å². The van der Waals surface area contributed by atoms with E-state index >= 15 is 0 Å². The molecule has 0 amide bonds. The van der Waals surface area contributed by atoms with Crippen molar-refractivity contribution < 1.29 is 9.90 Å². The molecule has 0 aliphatic heterocycles. The van der Waals surface area contributed by atoms with Crippen LogP contribution < -0.4 is 5.32 Å².